The molecule has 2 rings (SSSR count). The molecular weight excluding hydrogens is 380 g/mol. The van der Waals surface area contributed by atoms with Crippen molar-refractivity contribution in [2.75, 3.05) is 26.5 Å². The Morgan fingerprint density at radius 2 is 1.64 bits per heavy atom. The third-order valence-corrected chi connectivity index (χ3v) is 5.73. The molecule has 0 aromatic heterocycles. The normalized spacial score (nSPS) is 10.9. The van der Waals surface area contributed by atoms with Crippen LogP contribution in [0.5, 0.6) is 11.5 Å². The second-order valence-electron chi connectivity index (χ2n) is 6.23. The maximum atomic E-state index is 12.1. The lowest BCUT2D eigenvalue weighted by Gasteiger charge is -2.11. The van der Waals surface area contributed by atoms with E-state index in [9.17, 15) is 13.2 Å². The lowest BCUT2D eigenvalue weighted by Crippen LogP contribution is -2.36. The van der Waals surface area contributed by atoms with Gasteiger partial charge in [0.25, 0.3) is 0 Å². The molecule has 7 nitrogen and oxygen atoms in total. The Morgan fingerprint density at radius 3 is 2.32 bits per heavy atom. The number of ether oxygens (including phenoxy) is 2. The van der Waals surface area contributed by atoms with Crippen molar-refractivity contribution in [2.45, 2.75) is 18.7 Å². The Labute approximate surface area is 166 Å². The van der Waals surface area contributed by atoms with Crippen molar-refractivity contribution >= 4 is 15.9 Å². The Kier molecular flexibility index (Phi) is 8.13. The van der Waals surface area contributed by atoms with Crippen LogP contribution in [0.3, 0.4) is 0 Å². The topological polar surface area (TPSA) is 93.7 Å². The van der Waals surface area contributed by atoms with E-state index in [0.717, 1.165) is 11.1 Å². The molecule has 2 aromatic carbocycles. The van der Waals surface area contributed by atoms with Crippen molar-refractivity contribution < 1.29 is 22.7 Å². The highest BCUT2D eigenvalue weighted by Gasteiger charge is 2.12. The highest BCUT2D eigenvalue weighted by molar-refractivity contribution is 7.90. The maximum absolute atomic E-state index is 12.1. The van der Waals surface area contributed by atoms with Gasteiger partial charge in [-0.25, -0.2) is 13.2 Å². The molecule has 0 fully saturated rings. The minimum atomic E-state index is -3.20. The van der Waals surface area contributed by atoms with E-state index in [0.29, 0.717) is 24.5 Å². The third kappa shape index (κ3) is 7.11. The van der Waals surface area contributed by atoms with Gasteiger partial charge in [-0.05, 0) is 29.7 Å². The van der Waals surface area contributed by atoms with E-state index >= 15 is 0 Å². The number of carbonyl (C=O) groups is 1. The number of rotatable bonds is 10. The SMILES string of the molecule is COc1ccc(CNC(=O)NCCCS(=O)(=O)Cc2ccccc2)cc1OC. The predicted octanol–water partition coefficient (Wildman–Crippen LogP) is 2.51. The molecule has 0 saturated heterocycles. The van der Waals surface area contributed by atoms with Gasteiger partial charge in [-0.1, -0.05) is 36.4 Å². The van der Waals surface area contributed by atoms with Crippen LogP contribution in [0.15, 0.2) is 48.5 Å². The van der Waals surface area contributed by atoms with Crippen LogP contribution in [0.2, 0.25) is 0 Å². The van der Waals surface area contributed by atoms with Crippen LogP contribution in [0.4, 0.5) is 4.79 Å². The first-order chi connectivity index (χ1) is 13.4. The van der Waals surface area contributed by atoms with Gasteiger partial charge in [-0.3, -0.25) is 0 Å². The van der Waals surface area contributed by atoms with Crippen molar-refractivity contribution in [1.29, 1.82) is 0 Å². The molecule has 0 radical (unpaired) electrons. The summed E-state index contributed by atoms with van der Waals surface area (Å²) in [7, 11) is -0.0916. The number of hydrogen-bond acceptors (Lipinski definition) is 5. The van der Waals surface area contributed by atoms with Crippen LogP contribution < -0.4 is 20.1 Å². The molecule has 0 heterocycles. The number of carbonyl (C=O) groups excluding carboxylic acids is 1. The number of methoxy groups -OCH3 is 2. The second-order valence-corrected chi connectivity index (χ2v) is 8.41. The van der Waals surface area contributed by atoms with Crippen LogP contribution in [0, 0.1) is 0 Å². The Balaban J connectivity index is 1.70. The highest BCUT2D eigenvalue weighted by atomic mass is 32.2. The largest absolute Gasteiger partial charge is 0.493 e. The average molecular weight is 407 g/mol. The van der Waals surface area contributed by atoms with Gasteiger partial charge in [0.15, 0.2) is 21.3 Å². The number of sulfone groups is 1. The van der Waals surface area contributed by atoms with Crippen LogP contribution >= 0.6 is 0 Å². The Hall–Kier alpha value is -2.74. The second kappa shape index (κ2) is 10.6. The number of benzene rings is 2. The molecule has 2 aromatic rings. The van der Waals surface area contributed by atoms with E-state index in [1.807, 2.05) is 24.3 Å². The zero-order valence-electron chi connectivity index (χ0n) is 16.1. The van der Waals surface area contributed by atoms with Crippen molar-refractivity contribution in [3.63, 3.8) is 0 Å². The Morgan fingerprint density at radius 1 is 0.929 bits per heavy atom. The van der Waals surface area contributed by atoms with Gasteiger partial charge in [0, 0.05) is 13.1 Å². The smallest absolute Gasteiger partial charge is 0.315 e. The van der Waals surface area contributed by atoms with Crippen LogP contribution in [0.25, 0.3) is 0 Å². The fourth-order valence-corrected chi connectivity index (χ4v) is 4.06. The minimum absolute atomic E-state index is 0.0132. The summed E-state index contributed by atoms with van der Waals surface area (Å²) in [6, 6.07) is 14.1. The lowest BCUT2D eigenvalue weighted by molar-refractivity contribution is 0.240. The summed E-state index contributed by atoms with van der Waals surface area (Å²) < 4.78 is 34.6. The standard InChI is InChI=1S/C20H26N2O5S/c1-26-18-10-9-17(13-19(18)27-2)14-22-20(23)21-11-6-12-28(24,25)15-16-7-4-3-5-8-16/h3-5,7-10,13H,6,11-12,14-15H2,1-2H3,(H2,21,22,23). The summed E-state index contributed by atoms with van der Waals surface area (Å²) >= 11 is 0. The molecule has 2 amide bonds. The van der Waals surface area contributed by atoms with E-state index in [4.69, 9.17) is 9.47 Å². The number of urea groups is 1. The van der Waals surface area contributed by atoms with Gasteiger partial charge in [-0.15, -0.1) is 0 Å². The number of nitrogens with one attached hydrogen (secondary N) is 2. The van der Waals surface area contributed by atoms with E-state index in [-0.39, 0.29) is 24.1 Å². The number of hydrogen-bond donors (Lipinski definition) is 2. The van der Waals surface area contributed by atoms with Crippen LogP contribution in [0.1, 0.15) is 17.5 Å². The summed E-state index contributed by atoms with van der Waals surface area (Å²) in [6.45, 7) is 0.601. The van der Waals surface area contributed by atoms with E-state index in [2.05, 4.69) is 10.6 Å². The molecule has 0 unspecified atom stereocenters. The summed E-state index contributed by atoms with van der Waals surface area (Å²) in [6.07, 6.45) is 0.360. The third-order valence-electron chi connectivity index (χ3n) is 4.05. The van der Waals surface area contributed by atoms with Crippen molar-refractivity contribution in [3.05, 3.63) is 59.7 Å². The van der Waals surface area contributed by atoms with Crippen LogP contribution in [-0.2, 0) is 22.1 Å². The lowest BCUT2D eigenvalue weighted by atomic mass is 10.2. The zero-order chi connectivity index (χ0) is 20.4. The quantitative estimate of drug-likeness (QED) is 0.592. The van der Waals surface area contributed by atoms with E-state index < -0.39 is 9.84 Å². The van der Waals surface area contributed by atoms with Gasteiger partial charge >= 0.3 is 6.03 Å². The molecule has 0 spiro atoms. The molecule has 0 aliphatic heterocycles. The van der Waals surface area contributed by atoms with Crippen LogP contribution in [-0.4, -0.2) is 41.0 Å². The van der Waals surface area contributed by atoms with Crippen molar-refractivity contribution in [3.8, 4) is 11.5 Å². The Bertz CT molecular complexity index is 869. The van der Waals surface area contributed by atoms with Gasteiger partial charge in [0.2, 0.25) is 0 Å². The van der Waals surface area contributed by atoms with Gasteiger partial charge in [-0.2, -0.15) is 0 Å². The van der Waals surface area contributed by atoms with Gasteiger partial charge in [0.05, 0.1) is 25.7 Å². The van der Waals surface area contributed by atoms with Crippen molar-refractivity contribution in [1.82, 2.24) is 10.6 Å². The predicted molar refractivity (Wildman–Crippen MR) is 108 cm³/mol. The van der Waals surface area contributed by atoms with E-state index in [1.165, 1.54) is 0 Å². The minimum Gasteiger partial charge on any atom is -0.493 e. The molecule has 0 atom stereocenters. The van der Waals surface area contributed by atoms with E-state index in [1.54, 1.807) is 38.5 Å². The molecule has 28 heavy (non-hydrogen) atoms. The summed E-state index contributed by atoms with van der Waals surface area (Å²) in [4.78, 5) is 11.9. The molecule has 0 saturated carbocycles. The first-order valence-corrected chi connectivity index (χ1v) is 10.7. The van der Waals surface area contributed by atoms with Gasteiger partial charge < -0.3 is 20.1 Å². The summed E-state index contributed by atoms with van der Waals surface area (Å²) in [5.74, 6) is 1.25. The molecule has 8 heteroatoms. The highest BCUT2D eigenvalue weighted by Crippen LogP contribution is 2.27. The maximum Gasteiger partial charge on any atom is 0.315 e. The average Bonchev–Trinajstić information content (AvgIpc) is 2.69. The fourth-order valence-electron chi connectivity index (χ4n) is 2.63. The zero-order valence-corrected chi connectivity index (χ0v) is 16.9. The molecule has 152 valence electrons. The first kappa shape index (κ1) is 21.6. The summed E-state index contributed by atoms with van der Waals surface area (Å²) in [5.41, 5.74) is 1.63. The first-order valence-electron chi connectivity index (χ1n) is 8.90. The van der Waals surface area contributed by atoms with Gasteiger partial charge in [0.1, 0.15) is 0 Å². The fraction of sp³-hybridized carbons (Fsp3) is 0.350. The molecule has 0 bridgehead atoms. The molecule has 0 aliphatic rings. The summed E-state index contributed by atoms with van der Waals surface area (Å²) in [5, 5.41) is 5.40. The molecule has 2 N–H and O–H groups in total. The monoisotopic (exact) mass is 406 g/mol. The molecular formula is C20H26N2O5S. The molecule has 0 aliphatic carbocycles. The van der Waals surface area contributed by atoms with Crippen molar-refractivity contribution in [2.24, 2.45) is 0 Å². The number of amides is 2.